The summed E-state index contributed by atoms with van der Waals surface area (Å²) >= 11 is 5.57. The molecule has 1 unspecified atom stereocenters. The van der Waals surface area contributed by atoms with Crippen molar-refractivity contribution in [1.82, 2.24) is 9.55 Å². The molecule has 6 nitrogen and oxygen atoms in total. The first-order valence-electron chi connectivity index (χ1n) is 11.6. The quantitative estimate of drug-likeness (QED) is 0.353. The second-order valence-electron chi connectivity index (χ2n) is 8.94. The van der Waals surface area contributed by atoms with Gasteiger partial charge in [0.05, 0.1) is 10.6 Å². The minimum absolute atomic E-state index is 0.0319. The van der Waals surface area contributed by atoms with Gasteiger partial charge < -0.3 is 14.4 Å². The second kappa shape index (κ2) is 9.85. The number of rotatable bonds is 5. The molecule has 3 aromatic rings. The summed E-state index contributed by atoms with van der Waals surface area (Å²) in [5.74, 6) is -2.85. The highest BCUT2D eigenvalue weighted by Gasteiger charge is 2.34. The molecule has 0 radical (unpaired) electrons. The lowest BCUT2D eigenvalue weighted by Crippen LogP contribution is -2.47. The van der Waals surface area contributed by atoms with Gasteiger partial charge >= 0.3 is 11.9 Å². The normalized spacial score (nSPS) is 17.2. The van der Waals surface area contributed by atoms with Crippen LogP contribution >= 0.6 is 11.6 Å². The molecule has 196 valence electrons. The van der Waals surface area contributed by atoms with Gasteiger partial charge in [-0.2, -0.15) is 18.2 Å². The van der Waals surface area contributed by atoms with Gasteiger partial charge in [-0.1, -0.05) is 11.6 Å². The Hall–Kier alpha value is -3.34. The van der Waals surface area contributed by atoms with Crippen LogP contribution in [0, 0.1) is 11.6 Å². The van der Waals surface area contributed by atoms with E-state index in [9.17, 15) is 26.7 Å². The predicted molar refractivity (Wildman–Crippen MR) is 125 cm³/mol. The lowest BCUT2D eigenvalue weighted by molar-refractivity contribution is -0.137. The Morgan fingerprint density at radius 1 is 1.03 bits per heavy atom. The van der Waals surface area contributed by atoms with Gasteiger partial charge in [-0.25, -0.2) is 13.6 Å². The maximum absolute atomic E-state index is 14.7. The van der Waals surface area contributed by atoms with E-state index in [4.69, 9.17) is 21.1 Å². The zero-order chi connectivity index (χ0) is 26.3. The molecular weight excluding hydrogens is 521 g/mol. The summed E-state index contributed by atoms with van der Waals surface area (Å²) in [6.07, 6.45) is -0.693. The van der Waals surface area contributed by atoms with Gasteiger partial charge in [-0.05, 0) is 61.6 Å². The highest BCUT2D eigenvalue weighted by atomic mass is 35.5. The number of hydrogen-bond donors (Lipinski definition) is 0. The van der Waals surface area contributed by atoms with Gasteiger partial charge in [0, 0.05) is 25.2 Å². The number of alkyl halides is 3. The molecule has 3 heterocycles. The van der Waals surface area contributed by atoms with Crippen LogP contribution in [0.25, 0.3) is 0 Å². The number of piperidine rings is 1. The summed E-state index contributed by atoms with van der Waals surface area (Å²) in [5.41, 5.74) is -1.58. The van der Waals surface area contributed by atoms with Crippen LogP contribution in [0.15, 0.2) is 41.2 Å². The SMILES string of the molecule is O=c1nc(OCc2cc(F)c(Oc3ccc(Cl)c(C(F)(F)F)c3)c(F)c2)cc2n1CCC1CCCCN21. The van der Waals surface area contributed by atoms with Gasteiger partial charge in [0.15, 0.2) is 17.4 Å². The predicted octanol–water partition coefficient (Wildman–Crippen LogP) is 6.33. The molecule has 0 bridgehead atoms. The fourth-order valence-corrected chi connectivity index (χ4v) is 4.95. The van der Waals surface area contributed by atoms with Crippen LogP contribution in [0.3, 0.4) is 0 Å². The van der Waals surface area contributed by atoms with Crippen molar-refractivity contribution in [3.63, 3.8) is 0 Å². The molecule has 1 aromatic heterocycles. The Morgan fingerprint density at radius 3 is 2.51 bits per heavy atom. The lowest BCUT2D eigenvalue weighted by atomic mass is 9.97. The molecule has 2 aliphatic heterocycles. The molecule has 2 aliphatic rings. The van der Waals surface area contributed by atoms with Gasteiger partial charge in [0.2, 0.25) is 5.88 Å². The first-order chi connectivity index (χ1) is 17.6. The molecule has 0 amide bonds. The van der Waals surface area contributed by atoms with Gasteiger partial charge in [0.1, 0.15) is 18.2 Å². The topological polar surface area (TPSA) is 56.6 Å². The number of nitrogens with zero attached hydrogens (tertiary/aromatic N) is 3. The summed E-state index contributed by atoms with van der Waals surface area (Å²) in [5, 5.41) is -0.570. The zero-order valence-corrected chi connectivity index (χ0v) is 20.1. The fraction of sp³-hybridized carbons (Fsp3) is 0.360. The number of ether oxygens (including phenoxy) is 2. The average molecular weight is 542 g/mol. The van der Waals surface area contributed by atoms with Gasteiger partial charge in [-0.15, -0.1) is 0 Å². The third-order valence-corrected chi connectivity index (χ3v) is 6.81. The number of halogens is 6. The van der Waals surface area contributed by atoms with Crippen molar-refractivity contribution in [2.75, 3.05) is 11.4 Å². The van der Waals surface area contributed by atoms with Crippen LogP contribution in [0.2, 0.25) is 5.02 Å². The Balaban J connectivity index is 1.33. The average Bonchev–Trinajstić information content (AvgIpc) is 2.85. The van der Waals surface area contributed by atoms with E-state index in [0.717, 1.165) is 56.5 Å². The number of anilines is 1. The summed E-state index contributed by atoms with van der Waals surface area (Å²) < 4.78 is 80.8. The third-order valence-electron chi connectivity index (χ3n) is 6.48. The summed E-state index contributed by atoms with van der Waals surface area (Å²) in [4.78, 5) is 18.6. The molecule has 2 aromatic carbocycles. The zero-order valence-electron chi connectivity index (χ0n) is 19.3. The van der Waals surface area contributed by atoms with Crippen molar-refractivity contribution < 1.29 is 31.4 Å². The second-order valence-corrected chi connectivity index (χ2v) is 9.34. The van der Waals surface area contributed by atoms with Crippen molar-refractivity contribution in [2.24, 2.45) is 0 Å². The smallest absolute Gasteiger partial charge is 0.417 e. The number of aromatic nitrogens is 2. The summed E-state index contributed by atoms with van der Waals surface area (Å²) in [7, 11) is 0. The Kier molecular flexibility index (Phi) is 6.74. The van der Waals surface area contributed by atoms with Crippen LogP contribution in [-0.2, 0) is 19.3 Å². The summed E-state index contributed by atoms with van der Waals surface area (Å²) in [6.45, 7) is 1.09. The van der Waals surface area contributed by atoms with Crippen LogP contribution in [0.4, 0.5) is 27.8 Å². The molecule has 12 heteroatoms. The maximum atomic E-state index is 14.7. The number of benzene rings is 2. The van der Waals surface area contributed by atoms with E-state index < -0.39 is 45.6 Å². The van der Waals surface area contributed by atoms with E-state index in [2.05, 4.69) is 9.88 Å². The van der Waals surface area contributed by atoms with Gasteiger partial charge in [0.25, 0.3) is 0 Å². The molecule has 0 spiro atoms. The van der Waals surface area contributed by atoms with Crippen molar-refractivity contribution in [2.45, 2.75) is 51.1 Å². The highest BCUT2D eigenvalue weighted by molar-refractivity contribution is 6.31. The molecule has 5 rings (SSSR count). The molecule has 0 aliphatic carbocycles. The molecule has 0 saturated carbocycles. The van der Waals surface area contributed by atoms with Crippen molar-refractivity contribution in [3.05, 3.63) is 74.7 Å². The van der Waals surface area contributed by atoms with E-state index in [1.54, 1.807) is 10.6 Å². The Bertz CT molecular complexity index is 1370. The first-order valence-corrected chi connectivity index (χ1v) is 12.0. The number of fused-ring (bicyclic) bond motifs is 3. The molecular formula is C25H21ClF5N3O3. The third kappa shape index (κ3) is 5.22. The minimum Gasteiger partial charge on any atom is -0.473 e. The Labute approximate surface area is 213 Å². The van der Waals surface area contributed by atoms with Crippen molar-refractivity contribution in [1.29, 1.82) is 0 Å². The van der Waals surface area contributed by atoms with E-state index in [1.165, 1.54) is 0 Å². The fourth-order valence-electron chi connectivity index (χ4n) is 4.73. The van der Waals surface area contributed by atoms with E-state index in [1.807, 2.05) is 0 Å². The van der Waals surface area contributed by atoms with E-state index in [-0.39, 0.29) is 18.1 Å². The van der Waals surface area contributed by atoms with Crippen LogP contribution in [0.1, 0.15) is 36.8 Å². The minimum atomic E-state index is -4.77. The largest absolute Gasteiger partial charge is 0.473 e. The highest BCUT2D eigenvalue weighted by Crippen LogP contribution is 2.38. The van der Waals surface area contributed by atoms with Gasteiger partial charge in [-0.3, -0.25) is 4.57 Å². The van der Waals surface area contributed by atoms with Crippen molar-refractivity contribution >= 4 is 17.4 Å². The summed E-state index contributed by atoms with van der Waals surface area (Å²) in [6, 6.07) is 6.44. The monoisotopic (exact) mass is 541 g/mol. The van der Waals surface area contributed by atoms with Crippen LogP contribution in [-0.4, -0.2) is 22.1 Å². The van der Waals surface area contributed by atoms with E-state index in [0.29, 0.717) is 24.5 Å². The molecule has 0 N–H and O–H groups in total. The first kappa shape index (κ1) is 25.3. The maximum Gasteiger partial charge on any atom is 0.417 e. The Morgan fingerprint density at radius 2 is 1.78 bits per heavy atom. The lowest BCUT2D eigenvalue weighted by Gasteiger charge is -2.42. The van der Waals surface area contributed by atoms with Crippen LogP contribution in [0.5, 0.6) is 17.4 Å². The molecule has 1 saturated heterocycles. The standard InChI is InChI=1S/C25H21ClF5N3O3/c26-18-5-4-16(11-17(18)25(29,30)31)37-23-19(27)9-14(10-20(23)28)13-36-21-12-22-33-7-2-1-3-15(33)6-8-34(22)24(35)32-21/h4-5,9-12,15H,1-3,6-8,13H2. The van der Waals surface area contributed by atoms with E-state index >= 15 is 0 Å². The van der Waals surface area contributed by atoms with Crippen LogP contribution < -0.4 is 20.1 Å². The molecule has 1 fully saturated rings. The number of hydrogen-bond acceptors (Lipinski definition) is 5. The molecule has 37 heavy (non-hydrogen) atoms. The molecule has 1 atom stereocenters. The van der Waals surface area contributed by atoms with Crippen molar-refractivity contribution in [3.8, 4) is 17.4 Å².